The predicted molar refractivity (Wildman–Crippen MR) is 77.1 cm³/mol. The summed E-state index contributed by atoms with van der Waals surface area (Å²) in [5, 5.41) is 3.21. The first-order valence-electron chi connectivity index (χ1n) is 6.71. The summed E-state index contributed by atoms with van der Waals surface area (Å²) in [6.07, 6.45) is 2.75. The highest BCUT2D eigenvalue weighted by atomic mass is 16.5. The second kappa shape index (κ2) is 6.06. The first-order valence-corrected chi connectivity index (χ1v) is 6.71. The molecule has 0 saturated carbocycles. The molecule has 6 nitrogen and oxygen atoms in total. The first-order chi connectivity index (χ1) is 9.17. The molecule has 1 aliphatic heterocycles. The highest BCUT2D eigenvalue weighted by molar-refractivity contribution is 5.65. The summed E-state index contributed by atoms with van der Waals surface area (Å²) >= 11 is 0. The molecule has 1 unspecified atom stereocenters. The van der Waals surface area contributed by atoms with E-state index in [1.165, 1.54) is 0 Å². The lowest BCUT2D eigenvalue weighted by atomic mass is 10.2. The van der Waals surface area contributed by atoms with Gasteiger partial charge in [-0.15, -0.1) is 0 Å². The number of ether oxygens (including phenoxy) is 1. The fourth-order valence-corrected chi connectivity index (χ4v) is 2.43. The Balaban J connectivity index is 2.23. The third kappa shape index (κ3) is 2.89. The number of likely N-dealkylation sites (N-methyl/N-ethyl adjacent to an activating group) is 1. The average Bonchev–Trinajstić information content (AvgIpc) is 2.88. The maximum Gasteiger partial charge on any atom is 0.204 e. The second-order valence-electron chi connectivity index (χ2n) is 4.96. The van der Waals surface area contributed by atoms with Crippen LogP contribution < -0.4 is 15.0 Å². The third-order valence-electron chi connectivity index (χ3n) is 3.53. The van der Waals surface area contributed by atoms with E-state index in [2.05, 4.69) is 39.2 Å². The molecule has 1 saturated heterocycles. The normalized spacial score (nSPS) is 19.0. The zero-order valence-corrected chi connectivity index (χ0v) is 12.2. The molecule has 0 radical (unpaired) electrons. The van der Waals surface area contributed by atoms with Crippen LogP contribution in [0.2, 0.25) is 0 Å². The molecule has 2 heterocycles. The maximum absolute atomic E-state index is 5.49. The van der Waals surface area contributed by atoms with Crippen LogP contribution in [0, 0.1) is 0 Å². The number of anilines is 2. The van der Waals surface area contributed by atoms with Crippen LogP contribution in [0.25, 0.3) is 0 Å². The summed E-state index contributed by atoms with van der Waals surface area (Å²) in [6.45, 7) is 4.83. The molecule has 106 valence electrons. The molecule has 1 atom stereocenters. The minimum Gasteiger partial charge on any atom is -0.490 e. The molecule has 6 heteroatoms. The summed E-state index contributed by atoms with van der Waals surface area (Å²) < 4.78 is 5.49. The van der Waals surface area contributed by atoms with Crippen LogP contribution >= 0.6 is 0 Å². The quantitative estimate of drug-likeness (QED) is 0.859. The summed E-state index contributed by atoms with van der Waals surface area (Å²) in [5.41, 5.74) is 0. The van der Waals surface area contributed by atoms with Crippen LogP contribution in [-0.4, -0.2) is 61.7 Å². The van der Waals surface area contributed by atoms with E-state index in [1.54, 1.807) is 13.4 Å². The van der Waals surface area contributed by atoms with Gasteiger partial charge in [-0.3, -0.25) is 0 Å². The van der Waals surface area contributed by atoms with Gasteiger partial charge in [0.15, 0.2) is 11.6 Å². The summed E-state index contributed by atoms with van der Waals surface area (Å²) in [6, 6.07) is 0.572. The van der Waals surface area contributed by atoms with Crippen molar-refractivity contribution in [1.82, 2.24) is 14.9 Å². The average molecular weight is 265 g/mol. The van der Waals surface area contributed by atoms with Crippen molar-refractivity contribution in [2.24, 2.45) is 0 Å². The molecule has 1 aromatic heterocycles. The second-order valence-corrected chi connectivity index (χ2v) is 4.96. The number of rotatable bonds is 5. The standard InChI is InChI=1S/C13H23N5O/c1-5-14-12-11(19-4)13(16-9-15-12)18-7-6-10(8-18)17(2)3/h9-10H,5-8H2,1-4H3,(H,14,15,16). The van der Waals surface area contributed by atoms with Crippen LogP contribution in [0.5, 0.6) is 5.75 Å². The Morgan fingerprint density at radius 2 is 2.26 bits per heavy atom. The predicted octanol–water partition coefficient (Wildman–Crippen LogP) is 1.06. The van der Waals surface area contributed by atoms with E-state index in [0.717, 1.165) is 43.4 Å². The SMILES string of the molecule is CCNc1ncnc(N2CCC(N(C)C)C2)c1OC. The van der Waals surface area contributed by atoms with Crippen molar-refractivity contribution in [3.05, 3.63) is 6.33 Å². The molecule has 0 spiro atoms. The van der Waals surface area contributed by atoms with Crippen molar-refractivity contribution < 1.29 is 4.74 Å². The number of methoxy groups -OCH3 is 1. The van der Waals surface area contributed by atoms with Crippen molar-refractivity contribution in [2.45, 2.75) is 19.4 Å². The lowest BCUT2D eigenvalue weighted by molar-refractivity contribution is 0.315. The van der Waals surface area contributed by atoms with E-state index in [-0.39, 0.29) is 0 Å². The molecule has 2 rings (SSSR count). The summed E-state index contributed by atoms with van der Waals surface area (Å²) in [5.74, 6) is 2.39. The van der Waals surface area contributed by atoms with Gasteiger partial charge in [-0.05, 0) is 27.4 Å². The molecule has 1 N–H and O–H groups in total. The van der Waals surface area contributed by atoms with Gasteiger partial charge >= 0.3 is 0 Å². The number of hydrogen-bond donors (Lipinski definition) is 1. The van der Waals surface area contributed by atoms with Gasteiger partial charge in [0.05, 0.1) is 7.11 Å². The highest BCUT2D eigenvalue weighted by Crippen LogP contribution is 2.33. The number of aromatic nitrogens is 2. The molecule has 1 fully saturated rings. The Labute approximate surface area is 114 Å². The summed E-state index contributed by atoms with van der Waals surface area (Å²) in [4.78, 5) is 13.2. The molecule has 0 aliphatic carbocycles. The third-order valence-corrected chi connectivity index (χ3v) is 3.53. The van der Waals surface area contributed by atoms with Gasteiger partial charge in [-0.25, -0.2) is 9.97 Å². The van der Waals surface area contributed by atoms with E-state index in [4.69, 9.17) is 4.74 Å². The zero-order valence-electron chi connectivity index (χ0n) is 12.2. The van der Waals surface area contributed by atoms with Crippen LogP contribution in [0.3, 0.4) is 0 Å². The molecule has 19 heavy (non-hydrogen) atoms. The van der Waals surface area contributed by atoms with Gasteiger partial charge in [0, 0.05) is 25.7 Å². The van der Waals surface area contributed by atoms with Gasteiger partial charge in [0.2, 0.25) is 5.75 Å². The molecule has 1 aromatic rings. The topological polar surface area (TPSA) is 53.5 Å². The van der Waals surface area contributed by atoms with Crippen LogP contribution in [0.4, 0.5) is 11.6 Å². The minimum absolute atomic E-state index is 0.572. The Morgan fingerprint density at radius 3 is 2.84 bits per heavy atom. The van der Waals surface area contributed by atoms with Crippen molar-refractivity contribution in [3.8, 4) is 5.75 Å². The van der Waals surface area contributed by atoms with Crippen molar-refractivity contribution >= 4 is 11.6 Å². The Bertz CT molecular complexity index is 423. The molecular formula is C13H23N5O. The van der Waals surface area contributed by atoms with Crippen LogP contribution in [-0.2, 0) is 0 Å². The van der Waals surface area contributed by atoms with Crippen molar-refractivity contribution in [3.63, 3.8) is 0 Å². The number of nitrogens with zero attached hydrogens (tertiary/aromatic N) is 4. The van der Waals surface area contributed by atoms with Gasteiger partial charge in [0.25, 0.3) is 0 Å². The van der Waals surface area contributed by atoms with Crippen LogP contribution in [0.1, 0.15) is 13.3 Å². The highest BCUT2D eigenvalue weighted by Gasteiger charge is 2.28. The van der Waals surface area contributed by atoms with E-state index in [0.29, 0.717) is 6.04 Å². The van der Waals surface area contributed by atoms with Gasteiger partial charge in [-0.2, -0.15) is 0 Å². The van der Waals surface area contributed by atoms with Crippen molar-refractivity contribution in [2.75, 3.05) is 51.1 Å². The van der Waals surface area contributed by atoms with E-state index in [1.807, 2.05) is 6.92 Å². The molecule has 1 aliphatic rings. The van der Waals surface area contributed by atoms with Gasteiger partial charge < -0.3 is 19.9 Å². The first kappa shape index (κ1) is 13.9. The Morgan fingerprint density at radius 1 is 1.47 bits per heavy atom. The number of hydrogen-bond acceptors (Lipinski definition) is 6. The smallest absolute Gasteiger partial charge is 0.204 e. The molecular weight excluding hydrogens is 242 g/mol. The lowest BCUT2D eigenvalue weighted by Gasteiger charge is -2.23. The van der Waals surface area contributed by atoms with Gasteiger partial charge in [-0.1, -0.05) is 0 Å². The minimum atomic E-state index is 0.572. The van der Waals surface area contributed by atoms with Crippen molar-refractivity contribution in [1.29, 1.82) is 0 Å². The largest absolute Gasteiger partial charge is 0.490 e. The van der Waals surface area contributed by atoms with E-state index < -0.39 is 0 Å². The monoisotopic (exact) mass is 265 g/mol. The van der Waals surface area contributed by atoms with E-state index in [9.17, 15) is 0 Å². The number of nitrogens with one attached hydrogen (secondary N) is 1. The molecule has 0 aromatic carbocycles. The summed E-state index contributed by atoms with van der Waals surface area (Å²) in [7, 11) is 5.91. The lowest BCUT2D eigenvalue weighted by Crippen LogP contribution is -2.32. The Kier molecular flexibility index (Phi) is 4.42. The maximum atomic E-state index is 5.49. The van der Waals surface area contributed by atoms with Gasteiger partial charge in [0.1, 0.15) is 6.33 Å². The fraction of sp³-hybridized carbons (Fsp3) is 0.692. The van der Waals surface area contributed by atoms with E-state index >= 15 is 0 Å². The van der Waals surface area contributed by atoms with Crippen LogP contribution in [0.15, 0.2) is 6.33 Å². The zero-order chi connectivity index (χ0) is 13.8. The fourth-order valence-electron chi connectivity index (χ4n) is 2.43. The molecule has 0 bridgehead atoms. The Hall–Kier alpha value is -1.56. The molecule has 0 amide bonds.